The van der Waals surface area contributed by atoms with Gasteiger partial charge < -0.3 is 4.42 Å². The number of furan rings is 1. The van der Waals surface area contributed by atoms with Crippen LogP contribution in [0.25, 0.3) is 32.0 Å². The number of hydrogen-bond donors (Lipinski definition) is 0. The number of benzene rings is 3. The average molecular weight is 458 g/mol. The Hall–Kier alpha value is -3.14. The Labute approximate surface area is 197 Å². The quantitative estimate of drug-likeness (QED) is 0.227. The lowest BCUT2D eigenvalue weighted by Crippen LogP contribution is -1.80. The Balaban J connectivity index is 0.000000115. The highest BCUT2D eigenvalue weighted by Gasteiger charge is 1.99. The smallest absolute Gasteiger partial charge is 0.134 e. The maximum absolute atomic E-state index is 5.85. The van der Waals surface area contributed by atoms with Crippen molar-refractivity contribution >= 4 is 54.9 Å². The molecule has 0 spiro atoms. The molecule has 0 saturated carbocycles. The molecule has 3 aromatic heterocycles. The molecule has 6 rings (SSSR count). The molecule has 0 radical (unpaired) electrons. The first-order valence-corrected chi connectivity index (χ1v) is 11.7. The molecule has 0 bridgehead atoms. The molecule has 3 heterocycles. The first-order valence-electron chi connectivity index (χ1n) is 10.4. The summed E-state index contributed by atoms with van der Waals surface area (Å²) in [5, 5.41) is 6.67. The lowest BCUT2D eigenvalue weighted by molar-refractivity contribution is 0.613. The van der Waals surface area contributed by atoms with Crippen molar-refractivity contribution in [3.63, 3.8) is 0 Å². The molecule has 0 aliphatic carbocycles. The summed E-state index contributed by atoms with van der Waals surface area (Å²) in [5.74, 6) is 0. The van der Waals surface area contributed by atoms with Crippen LogP contribution < -0.4 is 0 Å². The monoisotopic (exact) mass is 457 g/mol. The SMILES string of the molecule is Cc1ccc2ccccc2n1.Cc1coc2ccccc12.Cc1csc2ccc(Cl)cc12. The molecular formula is C28H24ClNOS. The molecule has 32 heavy (non-hydrogen) atoms. The number of hydrogen-bond acceptors (Lipinski definition) is 3. The first-order chi connectivity index (χ1) is 15.5. The van der Waals surface area contributed by atoms with E-state index in [1.54, 1.807) is 17.6 Å². The van der Waals surface area contributed by atoms with Crippen LogP contribution in [0.4, 0.5) is 0 Å². The molecule has 0 fully saturated rings. The topological polar surface area (TPSA) is 26.0 Å². The van der Waals surface area contributed by atoms with Gasteiger partial charge in [0, 0.05) is 26.2 Å². The van der Waals surface area contributed by atoms with Crippen molar-refractivity contribution in [2.75, 3.05) is 0 Å². The van der Waals surface area contributed by atoms with Crippen molar-refractivity contribution in [2.45, 2.75) is 20.8 Å². The number of para-hydroxylation sites is 2. The van der Waals surface area contributed by atoms with Gasteiger partial charge in [-0.15, -0.1) is 11.3 Å². The fraction of sp³-hybridized carbons (Fsp3) is 0.107. The Kier molecular flexibility index (Phi) is 6.89. The van der Waals surface area contributed by atoms with Crippen LogP contribution >= 0.6 is 22.9 Å². The molecule has 0 saturated heterocycles. The van der Waals surface area contributed by atoms with Crippen molar-refractivity contribution in [1.82, 2.24) is 4.98 Å². The number of fused-ring (bicyclic) bond motifs is 3. The normalized spacial score (nSPS) is 10.5. The third-order valence-corrected chi connectivity index (χ3v) is 6.46. The van der Waals surface area contributed by atoms with Gasteiger partial charge in [-0.1, -0.05) is 54.1 Å². The maximum Gasteiger partial charge on any atom is 0.134 e. The molecule has 160 valence electrons. The van der Waals surface area contributed by atoms with Gasteiger partial charge in [0.2, 0.25) is 0 Å². The van der Waals surface area contributed by atoms with E-state index in [1.807, 2.05) is 68.4 Å². The van der Waals surface area contributed by atoms with Crippen LogP contribution in [-0.4, -0.2) is 4.98 Å². The predicted octanol–water partition coefficient (Wildman–Crippen LogP) is 9.15. The third-order valence-electron chi connectivity index (χ3n) is 5.14. The van der Waals surface area contributed by atoms with Gasteiger partial charge in [-0.25, -0.2) is 0 Å². The summed E-state index contributed by atoms with van der Waals surface area (Å²) in [5.41, 5.74) is 5.64. The zero-order valence-electron chi connectivity index (χ0n) is 18.3. The second kappa shape index (κ2) is 9.99. The van der Waals surface area contributed by atoms with Gasteiger partial charge >= 0.3 is 0 Å². The summed E-state index contributed by atoms with van der Waals surface area (Å²) in [6.45, 7) is 6.16. The minimum atomic E-state index is 0.819. The summed E-state index contributed by atoms with van der Waals surface area (Å²) in [4.78, 5) is 4.38. The Morgan fingerprint density at radius 2 is 1.56 bits per heavy atom. The van der Waals surface area contributed by atoms with Crippen molar-refractivity contribution in [1.29, 1.82) is 0 Å². The molecule has 0 amide bonds. The van der Waals surface area contributed by atoms with E-state index in [1.165, 1.54) is 32.0 Å². The van der Waals surface area contributed by atoms with E-state index in [2.05, 4.69) is 41.6 Å². The second-order valence-corrected chi connectivity index (χ2v) is 8.97. The van der Waals surface area contributed by atoms with Gasteiger partial charge in [0.1, 0.15) is 5.58 Å². The molecule has 3 aromatic carbocycles. The van der Waals surface area contributed by atoms with E-state index in [9.17, 15) is 0 Å². The Morgan fingerprint density at radius 3 is 2.41 bits per heavy atom. The number of rotatable bonds is 0. The van der Waals surface area contributed by atoms with Gasteiger partial charge in [-0.05, 0) is 79.1 Å². The number of halogens is 1. The third kappa shape index (κ3) is 5.18. The fourth-order valence-corrected chi connectivity index (χ4v) is 4.50. The van der Waals surface area contributed by atoms with Crippen LogP contribution in [0.15, 0.2) is 94.9 Å². The van der Waals surface area contributed by atoms with Crippen molar-refractivity contribution in [3.8, 4) is 0 Å². The highest BCUT2D eigenvalue weighted by molar-refractivity contribution is 7.17. The Morgan fingerprint density at radius 1 is 0.781 bits per heavy atom. The standard InChI is InChI=1S/C10H9N.C9H7ClS.C9H8O/c1-8-6-7-9-4-2-3-5-10(9)11-8;1-6-5-11-9-3-2-7(10)4-8(6)9;1-7-6-10-9-5-3-2-4-8(7)9/h2-7H,1H3;2-5H,1H3;2-6H,1H3. The van der Waals surface area contributed by atoms with Gasteiger partial charge in [0.25, 0.3) is 0 Å². The number of nitrogens with zero attached hydrogens (tertiary/aromatic N) is 1. The predicted molar refractivity (Wildman–Crippen MR) is 139 cm³/mol. The zero-order chi connectivity index (χ0) is 22.5. The largest absolute Gasteiger partial charge is 0.464 e. The van der Waals surface area contributed by atoms with E-state index in [0.29, 0.717) is 0 Å². The van der Waals surface area contributed by atoms with Crippen LogP contribution in [0.2, 0.25) is 5.02 Å². The minimum Gasteiger partial charge on any atom is -0.464 e. The number of aromatic nitrogens is 1. The van der Waals surface area contributed by atoms with Crippen molar-refractivity contribution in [3.05, 3.63) is 112 Å². The molecule has 0 atom stereocenters. The lowest BCUT2D eigenvalue weighted by Gasteiger charge is -1.95. The van der Waals surface area contributed by atoms with E-state index in [-0.39, 0.29) is 0 Å². The number of aryl methyl sites for hydroxylation is 3. The molecule has 2 nitrogen and oxygen atoms in total. The second-order valence-electron chi connectivity index (χ2n) is 7.62. The van der Waals surface area contributed by atoms with Crippen LogP contribution in [0.1, 0.15) is 16.8 Å². The van der Waals surface area contributed by atoms with Crippen LogP contribution in [0.3, 0.4) is 0 Å². The fourth-order valence-electron chi connectivity index (χ4n) is 3.41. The van der Waals surface area contributed by atoms with Crippen molar-refractivity contribution in [2.24, 2.45) is 0 Å². The van der Waals surface area contributed by atoms with Gasteiger partial charge in [-0.2, -0.15) is 0 Å². The summed E-state index contributed by atoms with van der Waals surface area (Å²) >= 11 is 7.62. The van der Waals surface area contributed by atoms with Gasteiger partial charge in [0.05, 0.1) is 11.8 Å². The molecule has 0 aliphatic heterocycles. The molecule has 0 aliphatic rings. The highest BCUT2D eigenvalue weighted by atomic mass is 35.5. The molecule has 0 unspecified atom stereocenters. The zero-order valence-corrected chi connectivity index (χ0v) is 19.9. The lowest BCUT2D eigenvalue weighted by atomic mass is 10.2. The molecular weight excluding hydrogens is 434 g/mol. The van der Waals surface area contributed by atoms with Crippen molar-refractivity contribution < 1.29 is 4.42 Å². The summed E-state index contributed by atoms with van der Waals surface area (Å²) in [7, 11) is 0. The van der Waals surface area contributed by atoms with Gasteiger partial charge in [-0.3, -0.25) is 4.98 Å². The minimum absolute atomic E-state index is 0.819. The van der Waals surface area contributed by atoms with Crippen LogP contribution in [-0.2, 0) is 0 Å². The molecule has 0 N–H and O–H groups in total. The summed E-state index contributed by atoms with van der Waals surface area (Å²) in [6.07, 6.45) is 1.78. The molecule has 6 aromatic rings. The molecule has 4 heteroatoms. The average Bonchev–Trinajstić information content (AvgIpc) is 3.37. The van der Waals surface area contributed by atoms with E-state index >= 15 is 0 Å². The van der Waals surface area contributed by atoms with Gasteiger partial charge in [0.15, 0.2) is 0 Å². The Bertz CT molecular complexity index is 1480. The van der Waals surface area contributed by atoms with E-state index in [4.69, 9.17) is 16.0 Å². The van der Waals surface area contributed by atoms with E-state index < -0.39 is 0 Å². The van der Waals surface area contributed by atoms with Crippen LogP contribution in [0.5, 0.6) is 0 Å². The summed E-state index contributed by atoms with van der Waals surface area (Å²) < 4.78 is 6.56. The number of pyridine rings is 1. The first kappa shape index (κ1) is 22.1. The number of thiophene rings is 1. The maximum atomic E-state index is 5.85. The van der Waals surface area contributed by atoms with E-state index in [0.717, 1.165) is 21.8 Å². The van der Waals surface area contributed by atoms with Crippen LogP contribution in [0, 0.1) is 20.8 Å². The summed E-state index contributed by atoms with van der Waals surface area (Å²) in [6, 6.07) is 26.3. The highest BCUT2D eigenvalue weighted by Crippen LogP contribution is 2.27.